The van der Waals surface area contributed by atoms with Crippen molar-refractivity contribution in [2.45, 2.75) is 0 Å². The molecule has 2 aromatic heterocycles. The predicted molar refractivity (Wildman–Crippen MR) is 66.8 cm³/mol. The first-order valence-electron chi connectivity index (χ1n) is 4.54. The Bertz CT molecular complexity index is 811. The van der Waals surface area contributed by atoms with Crippen LogP contribution >= 0.6 is 34.5 Å². The number of aromatic nitrogens is 2. The highest BCUT2D eigenvalue weighted by molar-refractivity contribution is 7.21. The first-order chi connectivity index (χ1) is 8.09. The SMILES string of the molecule is O=c1c2cccc(F)c2nc2sc(Cl)c(Cl)n12. The molecule has 0 spiro atoms. The number of nitrogens with zero attached hydrogens (tertiary/aromatic N) is 2. The van der Waals surface area contributed by atoms with Crippen LogP contribution in [-0.2, 0) is 0 Å². The fraction of sp³-hybridized carbons (Fsp3) is 0. The normalized spacial score (nSPS) is 11.5. The van der Waals surface area contributed by atoms with E-state index in [-0.39, 0.29) is 25.4 Å². The second-order valence-electron chi connectivity index (χ2n) is 3.34. The molecule has 0 unspecified atom stereocenters. The van der Waals surface area contributed by atoms with Gasteiger partial charge in [0, 0.05) is 0 Å². The Morgan fingerprint density at radius 3 is 2.88 bits per heavy atom. The molecule has 0 N–H and O–H groups in total. The zero-order chi connectivity index (χ0) is 12.2. The Balaban J connectivity index is 2.67. The highest BCUT2D eigenvalue weighted by Crippen LogP contribution is 2.30. The highest BCUT2D eigenvalue weighted by Gasteiger charge is 2.15. The number of benzene rings is 1. The summed E-state index contributed by atoms with van der Waals surface area (Å²) in [5.74, 6) is -0.539. The lowest BCUT2D eigenvalue weighted by Gasteiger charge is -1.99. The number of para-hydroxylation sites is 1. The molecule has 86 valence electrons. The molecule has 0 atom stereocenters. The molecule has 0 aliphatic rings. The minimum atomic E-state index is -0.539. The summed E-state index contributed by atoms with van der Waals surface area (Å²) in [6.07, 6.45) is 0. The number of fused-ring (bicyclic) bond motifs is 2. The van der Waals surface area contributed by atoms with Crippen molar-refractivity contribution in [3.05, 3.63) is 43.9 Å². The van der Waals surface area contributed by atoms with Crippen LogP contribution in [0, 0.1) is 5.82 Å². The summed E-state index contributed by atoms with van der Waals surface area (Å²) in [6.45, 7) is 0. The zero-order valence-electron chi connectivity index (χ0n) is 8.08. The van der Waals surface area contributed by atoms with Gasteiger partial charge in [0.15, 0.2) is 4.96 Å². The zero-order valence-corrected chi connectivity index (χ0v) is 10.4. The third kappa shape index (κ3) is 1.46. The topological polar surface area (TPSA) is 34.4 Å². The van der Waals surface area contributed by atoms with Gasteiger partial charge < -0.3 is 0 Å². The smallest absolute Gasteiger partial charge is 0.267 e. The lowest BCUT2D eigenvalue weighted by atomic mass is 10.2. The van der Waals surface area contributed by atoms with Crippen molar-refractivity contribution in [3.8, 4) is 0 Å². The molecule has 0 radical (unpaired) electrons. The van der Waals surface area contributed by atoms with Gasteiger partial charge >= 0.3 is 0 Å². The van der Waals surface area contributed by atoms with Crippen molar-refractivity contribution < 1.29 is 4.39 Å². The van der Waals surface area contributed by atoms with Gasteiger partial charge in [-0.3, -0.25) is 4.79 Å². The van der Waals surface area contributed by atoms with Crippen LogP contribution < -0.4 is 5.56 Å². The number of thiazole rings is 1. The van der Waals surface area contributed by atoms with E-state index in [2.05, 4.69) is 4.98 Å². The molecule has 3 rings (SSSR count). The first-order valence-corrected chi connectivity index (χ1v) is 6.11. The van der Waals surface area contributed by atoms with Gasteiger partial charge in [0.25, 0.3) is 5.56 Å². The summed E-state index contributed by atoms with van der Waals surface area (Å²) in [6, 6.07) is 4.21. The van der Waals surface area contributed by atoms with E-state index in [1.165, 1.54) is 22.6 Å². The average molecular weight is 289 g/mol. The van der Waals surface area contributed by atoms with Crippen molar-refractivity contribution in [3.63, 3.8) is 0 Å². The van der Waals surface area contributed by atoms with E-state index in [0.717, 1.165) is 11.3 Å². The molecule has 0 fully saturated rings. The van der Waals surface area contributed by atoms with Gasteiger partial charge in [-0.15, -0.1) is 0 Å². The van der Waals surface area contributed by atoms with Crippen LogP contribution in [0.15, 0.2) is 23.0 Å². The Morgan fingerprint density at radius 2 is 2.12 bits per heavy atom. The molecule has 0 saturated heterocycles. The van der Waals surface area contributed by atoms with Crippen LogP contribution in [0.2, 0.25) is 9.49 Å². The summed E-state index contributed by atoms with van der Waals surface area (Å²) < 4.78 is 15.0. The molecular formula is C10H3Cl2FN2OS. The molecule has 7 heteroatoms. The molecule has 0 saturated carbocycles. The monoisotopic (exact) mass is 288 g/mol. The standard InChI is InChI=1S/C10H3Cl2FN2OS/c11-7-8(12)17-10-14-6-4(9(16)15(7)10)2-1-3-5(6)13/h1-3H. The minimum Gasteiger partial charge on any atom is -0.268 e. The quantitative estimate of drug-likeness (QED) is 0.636. The van der Waals surface area contributed by atoms with Gasteiger partial charge in [-0.2, -0.15) is 0 Å². The Kier molecular flexibility index (Phi) is 2.36. The van der Waals surface area contributed by atoms with E-state index in [1.807, 2.05) is 0 Å². The number of hydrogen-bond acceptors (Lipinski definition) is 3. The second-order valence-corrected chi connectivity index (χ2v) is 5.28. The van der Waals surface area contributed by atoms with Crippen LogP contribution in [0.3, 0.4) is 0 Å². The summed E-state index contributed by atoms with van der Waals surface area (Å²) in [4.78, 5) is 16.4. The number of rotatable bonds is 0. The Morgan fingerprint density at radius 1 is 1.35 bits per heavy atom. The number of hydrogen-bond donors (Lipinski definition) is 0. The average Bonchev–Trinajstić information content (AvgIpc) is 2.57. The largest absolute Gasteiger partial charge is 0.268 e. The molecule has 0 aliphatic carbocycles. The summed E-state index contributed by atoms with van der Waals surface area (Å²) in [5.41, 5.74) is -0.385. The molecular weight excluding hydrogens is 286 g/mol. The van der Waals surface area contributed by atoms with E-state index >= 15 is 0 Å². The van der Waals surface area contributed by atoms with Gasteiger partial charge in [0.05, 0.1) is 5.39 Å². The van der Waals surface area contributed by atoms with Crippen molar-refractivity contribution in [2.24, 2.45) is 0 Å². The molecule has 2 heterocycles. The van der Waals surface area contributed by atoms with Crippen LogP contribution in [0.25, 0.3) is 15.9 Å². The Hall–Kier alpha value is -1.17. The van der Waals surface area contributed by atoms with Crippen LogP contribution in [0.1, 0.15) is 0 Å². The maximum atomic E-state index is 13.5. The van der Waals surface area contributed by atoms with Gasteiger partial charge in [0.1, 0.15) is 20.8 Å². The first kappa shape index (κ1) is 11.0. The molecule has 1 aromatic carbocycles. The van der Waals surface area contributed by atoms with Crippen molar-refractivity contribution in [1.82, 2.24) is 9.38 Å². The van der Waals surface area contributed by atoms with Gasteiger partial charge in [-0.05, 0) is 12.1 Å². The third-order valence-corrected chi connectivity index (χ3v) is 4.16. The van der Waals surface area contributed by atoms with Crippen LogP contribution in [0.4, 0.5) is 4.39 Å². The maximum Gasteiger partial charge on any atom is 0.267 e. The van der Waals surface area contributed by atoms with E-state index in [0.29, 0.717) is 0 Å². The molecule has 0 amide bonds. The fourth-order valence-electron chi connectivity index (χ4n) is 1.61. The van der Waals surface area contributed by atoms with Crippen LogP contribution in [0.5, 0.6) is 0 Å². The Labute approximate surface area is 108 Å². The third-order valence-electron chi connectivity index (χ3n) is 2.36. The van der Waals surface area contributed by atoms with E-state index in [9.17, 15) is 9.18 Å². The molecule has 0 aliphatic heterocycles. The van der Waals surface area contributed by atoms with E-state index in [4.69, 9.17) is 23.2 Å². The van der Waals surface area contributed by atoms with Gasteiger partial charge in [-0.25, -0.2) is 13.8 Å². The van der Waals surface area contributed by atoms with Crippen molar-refractivity contribution in [2.75, 3.05) is 0 Å². The van der Waals surface area contributed by atoms with E-state index in [1.54, 1.807) is 0 Å². The van der Waals surface area contributed by atoms with Crippen LogP contribution in [-0.4, -0.2) is 9.38 Å². The molecule has 3 nitrogen and oxygen atoms in total. The second kappa shape index (κ2) is 3.66. The molecule has 0 bridgehead atoms. The van der Waals surface area contributed by atoms with E-state index < -0.39 is 11.4 Å². The number of halogens is 3. The molecule has 17 heavy (non-hydrogen) atoms. The lowest BCUT2D eigenvalue weighted by molar-refractivity contribution is 0.637. The maximum absolute atomic E-state index is 13.5. The van der Waals surface area contributed by atoms with Gasteiger partial charge in [-0.1, -0.05) is 40.6 Å². The minimum absolute atomic E-state index is 0.0343. The molecule has 3 aromatic rings. The lowest BCUT2D eigenvalue weighted by Crippen LogP contribution is -2.14. The highest BCUT2D eigenvalue weighted by atomic mass is 35.5. The van der Waals surface area contributed by atoms with Crippen molar-refractivity contribution >= 4 is 50.4 Å². The fourth-order valence-corrected chi connectivity index (χ4v) is 2.96. The summed E-state index contributed by atoms with van der Waals surface area (Å²) in [5, 5.41) is 0.286. The summed E-state index contributed by atoms with van der Waals surface area (Å²) >= 11 is 12.8. The van der Waals surface area contributed by atoms with Crippen molar-refractivity contribution in [1.29, 1.82) is 0 Å². The summed E-state index contributed by atoms with van der Waals surface area (Å²) in [7, 11) is 0. The van der Waals surface area contributed by atoms with Gasteiger partial charge in [0.2, 0.25) is 0 Å². The predicted octanol–water partition coefficient (Wildman–Crippen LogP) is 3.36.